The van der Waals surface area contributed by atoms with Crippen LogP contribution in [0.4, 0.5) is 4.79 Å². The summed E-state index contributed by atoms with van der Waals surface area (Å²) in [5.41, 5.74) is 0.0165. The van der Waals surface area contributed by atoms with E-state index in [-0.39, 0.29) is 13.0 Å². The smallest absolute Gasteiger partial charge is 0.407 e. The van der Waals surface area contributed by atoms with Crippen molar-refractivity contribution in [1.82, 2.24) is 5.32 Å². The number of halogens is 2. The molecule has 0 aliphatic carbocycles. The summed E-state index contributed by atoms with van der Waals surface area (Å²) < 4.78 is 6.61. The van der Waals surface area contributed by atoms with Crippen LogP contribution in [0.25, 0.3) is 0 Å². The van der Waals surface area contributed by atoms with Gasteiger partial charge in [-0.25, -0.2) is 4.79 Å². The Labute approximate surface area is 147 Å². The lowest BCUT2D eigenvalue weighted by atomic mass is 10.0. The van der Waals surface area contributed by atoms with Gasteiger partial charge in [-0.15, -0.1) is 0 Å². The van der Waals surface area contributed by atoms with Crippen LogP contribution in [0.1, 0.15) is 38.9 Å². The molecule has 1 rings (SSSR count). The van der Waals surface area contributed by atoms with Crippen molar-refractivity contribution in [2.75, 3.05) is 6.54 Å². The molecule has 3 N–H and O–H groups in total. The molecule has 0 radical (unpaired) electrons. The molecule has 0 aromatic heterocycles. The third-order valence-electron chi connectivity index (χ3n) is 2.75. The summed E-state index contributed by atoms with van der Waals surface area (Å²) in [6, 6.07) is 5.35. The highest BCUT2D eigenvalue weighted by Crippen LogP contribution is 2.29. The van der Waals surface area contributed by atoms with Crippen LogP contribution >= 0.6 is 31.9 Å². The molecule has 5 nitrogen and oxygen atoms in total. The molecular weight excluding hydrogens is 418 g/mol. The Bertz CT molecular complexity index is 517. The molecule has 0 saturated carbocycles. The van der Waals surface area contributed by atoms with Crippen LogP contribution in [-0.4, -0.2) is 34.6 Å². The Morgan fingerprint density at radius 2 is 1.95 bits per heavy atom. The van der Waals surface area contributed by atoms with Gasteiger partial charge < -0.3 is 20.3 Å². The summed E-state index contributed by atoms with van der Waals surface area (Å²) in [6.45, 7) is 5.53. The van der Waals surface area contributed by atoms with Crippen molar-refractivity contribution < 1.29 is 19.7 Å². The van der Waals surface area contributed by atoms with Gasteiger partial charge >= 0.3 is 6.09 Å². The summed E-state index contributed by atoms with van der Waals surface area (Å²) in [5.74, 6) is 0. The average Bonchev–Trinajstić information content (AvgIpc) is 2.38. The van der Waals surface area contributed by atoms with Gasteiger partial charge in [0.25, 0.3) is 0 Å². The van der Waals surface area contributed by atoms with Crippen LogP contribution in [0, 0.1) is 0 Å². The number of hydrogen-bond donors (Lipinski definition) is 3. The molecule has 0 aliphatic heterocycles. The molecule has 0 aliphatic rings. The normalized spacial score (nSPS) is 14.3. The molecule has 22 heavy (non-hydrogen) atoms. The highest BCUT2D eigenvalue weighted by molar-refractivity contribution is 9.11. The zero-order valence-electron chi connectivity index (χ0n) is 12.8. The van der Waals surface area contributed by atoms with Crippen molar-refractivity contribution >= 4 is 38.0 Å². The second-order valence-corrected chi connectivity index (χ2v) is 7.67. The van der Waals surface area contributed by atoms with E-state index >= 15 is 0 Å². The first-order chi connectivity index (χ1) is 10.1. The fourth-order valence-electron chi connectivity index (χ4n) is 1.74. The summed E-state index contributed by atoms with van der Waals surface area (Å²) in [7, 11) is 0. The molecule has 2 unspecified atom stereocenters. The lowest BCUT2D eigenvalue weighted by molar-refractivity contribution is 0.0119. The summed E-state index contributed by atoms with van der Waals surface area (Å²) in [4.78, 5) is 11.5. The van der Waals surface area contributed by atoms with Crippen LogP contribution < -0.4 is 5.32 Å². The number of aliphatic hydroxyl groups excluding tert-OH is 2. The van der Waals surface area contributed by atoms with E-state index in [0.29, 0.717) is 10.0 Å². The summed E-state index contributed by atoms with van der Waals surface area (Å²) in [6.07, 6.45) is -2.38. The fourth-order valence-corrected chi connectivity index (χ4v) is 2.60. The maximum absolute atomic E-state index is 11.5. The van der Waals surface area contributed by atoms with E-state index in [1.54, 1.807) is 32.9 Å². The van der Waals surface area contributed by atoms with Gasteiger partial charge in [-0.1, -0.05) is 31.9 Å². The summed E-state index contributed by atoms with van der Waals surface area (Å²) in [5, 5.41) is 22.8. The minimum Gasteiger partial charge on any atom is -0.444 e. The van der Waals surface area contributed by atoms with Crippen molar-refractivity contribution in [2.24, 2.45) is 0 Å². The molecule has 1 aromatic carbocycles. The van der Waals surface area contributed by atoms with E-state index in [4.69, 9.17) is 4.74 Å². The predicted octanol–water partition coefficient (Wildman–Crippen LogP) is 3.52. The van der Waals surface area contributed by atoms with Crippen molar-refractivity contribution in [3.05, 3.63) is 32.7 Å². The highest BCUT2D eigenvalue weighted by Gasteiger charge is 2.21. The van der Waals surface area contributed by atoms with Gasteiger partial charge in [-0.05, 0) is 51.0 Å². The third kappa shape index (κ3) is 6.64. The number of ether oxygens (including phenoxy) is 1. The van der Waals surface area contributed by atoms with E-state index in [2.05, 4.69) is 37.2 Å². The Kier molecular flexibility index (Phi) is 7.31. The second kappa shape index (κ2) is 8.29. The summed E-state index contributed by atoms with van der Waals surface area (Å²) >= 11 is 6.67. The molecule has 0 heterocycles. The molecule has 1 aromatic rings. The lowest BCUT2D eigenvalue weighted by Crippen LogP contribution is -2.34. The van der Waals surface area contributed by atoms with Crippen LogP contribution in [0.15, 0.2) is 27.1 Å². The van der Waals surface area contributed by atoms with E-state index in [1.807, 2.05) is 6.07 Å². The number of benzene rings is 1. The molecule has 7 heteroatoms. The first kappa shape index (κ1) is 19.4. The lowest BCUT2D eigenvalue weighted by Gasteiger charge is -2.21. The second-order valence-electron chi connectivity index (χ2n) is 5.90. The zero-order chi connectivity index (χ0) is 16.9. The van der Waals surface area contributed by atoms with Gasteiger partial charge in [0, 0.05) is 15.5 Å². The van der Waals surface area contributed by atoms with Gasteiger partial charge in [-0.3, -0.25) is 0 Å². The van der Waals surface area contributed by atoms with Crippen LogP contribution in [0.3, 0.4) is 0 Å². The third-order valence-corrected chi connectivity index (χ3v) is 3.96. The van der Waals surface area contributed by atoms with Gasteiger partial charge in [-0.2, -0.15) is 0 Å². The molecule has 0 spiro atoms. The van der Waals surface area contributed by atoms with Crippen LogP contribution in [0.2, 0.25) is 0 Å². The number of amides is 1. The number of carbonyl (C=O) groups is 1. The number of aliphatic hydroxyl groups is 2. The maximum atomic E-state index is 11.5. The van der Waals surface area contributed by atoms with Crippen LogP contribution in [-0.2, 0) is 4.74 Å². The molecule has 1 amide bonds. The number of alkyl carbamates (subject to hydrolysis) is 1. The molecular formula is C15H21Br2NO4. The Morgan fingerprint density at radius 1 is 1.32 bits per heavy atom. The van der Waals surface area contributed by atoms with Crippen molar-refractivity contribution in [2.45, 2.75) is 45.0 Å². The standard InChI is InChI=1S/C15H21Br2NO4/c1-15(2,3)22-14(21)18-7-6-12(19)13(20)10-8-9(16)4-5-11(10)17/h4-5,8,12-13,19-20H,6-7H2,1-3H3,(H,18,21). The Morgan fingerprint density at radius 3 is 2.55 bits per heavy atom. The first-order valence-electron chi connectivity index (χ1n) is 6.88. The number of rotatable bonds is 5. The van der Waals surface area contributed by atoms with Crippen molar-refractivity contribution in [3.63, 3.8) is 0 Å². The largest absolute Gasteiger partial charge is 0.444 e. The number of nitrogens with one attached hydrogen (secondary N) is 1. The SMILES string of the molecule is CC(C)(C)OC(=O)NCCC(O)C(O)c1cc(Br)ccc1Br. The Hall–Kier alpha value is -0.630. The molecule has 124 valence electrons. The molecule has 0 saturated heterocycles. The highest BCUT2D eigenvalue weighted by atomic mass is 79.9. The van der Waals surface area contributed by atoms with Gasteiger partial charge in [0.2, 0.25) is 0 Å². The van der Waals surface area contributed by atoms with Gasteiger partial charge in [0.05, 0.1) is 6.10 Å². The molecule has 0 fully saturated rings. The molecule has 2 atom stereocenters. The average molecular weight is 439 g/mol. The molecule has 0 bridgehead atoms. The maximum Gasteiger partial charge on any atom is 0.407 e. The minimum absolute atomic E-state index is 0.207. The van der Waals surface area contributed by atoms with Gasteiger partial charge in [0.15, 0.2) is 0 Å². The topological polar surface area (TPSA) is 78.8 Å². The fraction of sp³-hybridized carbons (Fsp3) is 0.533. The van der Waals surface area contributed by atoms with E-state index in [0.717, 1.165) is 4.47 Å². The van der Waals surface area contributed by atoms with E-state index < -0.39 is 23.9 Å². The predicted molar refractivity (Wildman–Crippen MR) is 91.7 cm³/mol. The number of carbonyl (C=O) groups excluding carboxylic acids is 1. The quantitative estimate of drug-likeness (QED) is 0.657. The van der Waals surface area contributed by atoms with E-state index in [9.17, 15) is 15.0 Å². The van der Waals surface area contributed by atoms with Crippen molar-refractivity contribution in [1.29, 1.82) is 0 Å². The Balaban J connectivity index is 2.50. The monoisotopic (exact) mass is 437 g/mol. The minimum atomic E-state index is -1.05. The number of hydrogen-bond acceptors (Lipinski definition) is 4. The first-order valence-corrected chi connectivity index (χ1v) is 8.46. The zero-order valence-corrected chi connectivity index (χ0v) is 15.9. The van der Waals surface area contributed by atoms with Crippen molar-refractivity contribution in [3.8, 4) is 0 Å². The van der Waals surface area contributed by atoms with E-state index in [1.165, 1.54) is 0 Å². The van der Waals surface area contributed by atoms with Gasteiger partial charge in [0.1, 0.15) is 11.7 Å². The van der Waals surface area contributed by atoms with Crippen LogP contribution in [0.5, 0.6) is 0 Å².